The highest BCUT2D eigenvalue weighted by molar-refractivity contribution is 8.76. The highest BCUT2D eigenvalue weighted by Gasteiger charge is 2.22. The van der Waals surface area contributed by atoms with Crippen molar-refractivity contribution in [2.75, 3.05) is 77.0 Å². The Balaban J connectivity index is 5.33. The normalized spacial score (nSPS) is 14.0. The van der Waals surface area contributed by atoms with Crippen molar-refractivity contribution in [3.05, 3.63) is 0 Å². The van der Waals surface area contributed by atoms with Crippen molar-refractivity contribution in [3.63, 3.8) is 0 Å². The van der Waals surface area contributed by atoms with Crippen molar-refractivity contribution in [1.82, 2.24) is 25.3 Å². The second-order valence-corrected chi connectivity index (χ2v) is 25.2. The van der Waals surface area contributed by atoms with Crippen molar-refractivity contribution in [1.29, 1.82) is 0 Å². The lowest BCUT2D eigenvalue weighted by atomic mass is 10.0. The molecule has 0 aromatic heterocycles. The van der Waals surface area contributed by atoms with E-state index in [1.807, 2.05) is 10.8 Å². The molecular formula is C62H127N5O6S2. The van der Waals surface area contributed by atoms with E-state index in [9.17, 15) is 30.0 Å². The van der Waals surface area contributed by atoms with Crippen molar-refractivity contribution < 1.29 is 30.0 Å². The molecule has 0 aliphatic carbocycles. The van der Waals surface area contributed by atoms with E-state index >= 15 is 0 Å². The summed E-state index contributed by atoms with van der Waals surface area (Å²) in [6.07, 6.45) is 39.2. The lowest BCUT2D eigenvalue weighted by Gasteiger charge is -2.27. The van der Waals surface area contributed by atoms with Crippen LogP contribution in [0.3, 0.4) is 0 Å². The van der Waals surface area contributed by atoms with Crippen molar-refractivity contribution in [2.45, 2.75) is 310 Å². The molecule has 0 saturated heterocycles. The van der Waals surface area contributed by atoms with Crippen molar-refractivity contribution in [3.8, 4) is 0 Å². The quantitative estimate of drug-likeness (QED) is 0.0255. The Morgan fingerprint density at radius 1 is 0.387 bits per heavy atom. The molecule has 0 aliphatic rings. The molecule has 0 radical (unpaired) electrons. The number of aliphatic hydroxyl groups is 4. The Morgan fingerprint density at radius 2 is 0.733 bits per heavy atom. The second kappa shape index (κ2) is 56.6. The molecule has 6 N–H and O–H groups in total. The lowest BCUT2D eigenvalue weighted by Crippen LogP contribution is -2.48. The molecule has 0 fully saturated rings. The van der Waals surface area contributed by atoms with Gasteiger partial charge >= 0.3 is 0 Å². The third-order valence-electron chi connectivity index (χ3n) is 15.1. The van der Waals surface area contributed by atoms with Crippen LogP contribution < -0.4 is 10.6 Å². The Hall–Kier alpha value is -0.640. The summed E-state index contributed by atoms with van der Waals surface area (Å²) in [7, 11) is 3.58. The van der Waals surface area contributed by atoms with Crippen LogP contribution in [-0.2, 0) is 9.59 Å². The molecule has 0 aromatic carbocycles. The average molecular weight is 1100 g/mol. The first kappa shape index (κ1) is 74.4. The van der Waals surface area contributed by atoms with E-state index in [4.69, 9.17) is 0 Å². The molecular weight excluding hydrogens is 975 g/mol. The number of amides is 2. The minimum absolute atomic E-state index is 0.130. The van der Waals surface area contributed by atoms with Crippen LogP contribution in [0.4, 0.5) is 0 Å². The van der Waals surface area contributed by atoms with Gasteiger partial charge in [-0.1, -0.05) is 243 Å². The fraction of sp³-hybridized carbons (Fsp3) is 0.968. The second-order valence-electron chi connectivity index (χ2n) is 22.5. The number of hydrogen-bond donors (Lipinski definition) is 6. The first-order valence-corrected chi connectivity index (χ1v) is 34.7. The Labute approximate surface area is 473 Å². The fourth-order valence-corrected chi connectivity index (χ4v) is 12.4. The fourth-order valence-electron chi connectivity index (χ4n) is 10.2. The van der Waals surface area contributed by atoms with Gasteiger partial charge < -0.3 is 36.0 Å². The Kier molecular flexibility index (Phi) is 56.1. The zero-order chi connectivity index (χ0) is 55.3. The van der Waals surface area contributed by atoms with Gasteiger partial charge in [0.15, 0.2) is 0 Å². The predicted molar refractivity (Wildman–Crippen MR) is 328 cm³/mol. The number of likely N-dealkylation sites (N-methyl/N-ethyl adjacent to an activating group) is 1. The maximum atomic E-state index is 13.6. The van der Waals surface area contributed by atoms with Gasteiger partial charge in [0.05, 0.1) is 24.4 Å². The Morgan fingerprint density at radius 3 is 1.11 bits per heavy atom. The highest BCUT2D eigenvalue weighted by Crippen LogP contribution is 2.24. The van der Waals surface area contributed by atoms with Gasteiger partial charge in [0.2, 0.25) is 11.8 Å². The molecule has 5 atom stereocenters. The molecule has 2 amide bonds. The summed E-state index contributed by atoms with van der Waals surface area (Å²) in [4.78, 5) is 33.9. The largest absolute Gasteiger partial charge is 0.392 e. The first-order valence-electron chi connectivity index (χ1n) is 32.2. The summed E-state index contributed by atoms with van der Waals surface area (Å²) in [6.45, 7) is 20.1. The predicted octanol–water partition coefficient (Wildman–Crippen LogP) is 13.9. The van der Waals surface area contributed by atoms with E-state index in [2.05, 4.69) is 66.9 Å². The first-order chi connectivity index (χ1) is 36.5. The topological polar surface area (TPSA) is 149 Å². The number of aliphatic hydroxyl groups excluding tert-OH is 4. The molecule has 11 nitrogen and oxygen atoms in total. The molecule has 13 heteroatoms. The molecule has 448 valence electrons. The number of carbonyl (C=O) groups excluding carboxylic acids is 2. The van der Waals surface area contributed by atoms with E-state index in [-0.39, 0.29) is 30.4 Å². The van der Waals surface area contributed by atoms with Gasteiger partial charge in [0, 0.05) is 57.2 Å². The Bertz CT molecular complexity index is 1160. The van der Waals surface area contributed by atoms with E-state index in [0.717, 1.165) is 115 Å². The zero-order valence-electron chi connectivity index (χ0n) is 50.3. The van der Waals surface area contributed by atoms with Crippen LogP contribution in [-0.4, -0.2) is 154 Å². The van der Waals surface area contributed by atoms with Crippen molar-refractivity contribution >= 4 is 33.4 Å². The zero-order valence-corrected chi connectivity index (χ0v) is 51.9. The van der Waals surface area contributed by atoms with Gasteiger partial charge in [0.1, 0.15) is 6.04 Å². The van der Waals surface area contributed by atoms with E-state index in [1.54, 1.807) is 10.8 Å². The summed E-state index contributed by atoms with van der Waals surface area (Å²) < 4.78 is 0. The molecule has 0 saturated carbocycles. The summed E-state index contributed by atoms with van der Waals surface area (Å²) in [6, 6.07) is -0.612. The minimum atomic E-state index is -0.612. The molecule has 0 aromatic rings. The van der Waals surface area contributed by atoms with Crippen molar-refractivity contribution in [2.24, 2.45) is 0 Å². The van der Waals surface area contributed by atoms with Crippen LogP contribution in [0, 0.1) is 0 Å². The molecule has 5 unspecified atom stereocenters. The number of unbranched alkanes of at least 4 members (excludes halogenated alkanes) is 25. The van der Waals surface area contributed by atoms with Gasteiger partial charge in [0.25, 0.3) is 0 Å². The number of hydrogen-bond acceptors (Lipinski definition) is 11. The molecule has 0 aliphatic heterocycles. The molecule has 0 rings (SSSR count). The smallest absolute Gasteiger partial charge is 0.242 e. The standard InChI is InChI=1S/C62H127N5O6S2/c1-7-13-17-21-25-27-31-35-42-58(70)54-67(55-59(71)43-36-32-28-26-22-18-14-8-2)48-39-44-61(72)64-60(62(73)63-46-49-65(11-5)12-6)45-51-75-74-50-38-37-47-66(52-56(68)40-33-29-23-19-15-9-3)53-57(69)41-34-30-24-20-16-10-4/h56-60,68-71H,7-55H2,1-6H3,(H,63,73)(H,64,72). The van der Waals surface area contributed by atoms with Gasteiger partial charge in [-0.25, -0.2) is 0 Å². The summed E-state index contributed by atoms with van der Waals surface area (Å²) in [5.74, 6) is 1.45. The maximum absolute atomic E-state index is 13.6. The molecule has 75 heavy (non-hydrogen) atoms. The summed E-state index contributed by atoms with van der Waals surface area (Å²) in [5, 5.41) is 50.5. The van der Waals surface area contributed by atoms with Gasteiger partial charge in [-0.15, -0.1) is 0 Å². The number of rotatable bonds is 60. The van der Waals surface area contributed by atoms with Crippen LogP contribution in [0.2, 0.25) is 0 Å². The summed E-state index contributed by atoms with van der Waals surface area (Å²) in [5.41, 5.74) is 0. The third kappa shape index (κ3) is 50.1. The van der Waals surface area contributed by atoms with Crippen LogP contribution in [0.15, 0.2) is 0 Å². The lowest BCUT2D eigenvalue weighted by molar-refractivity contribution is -0.129. The molecule has 0 bridgehead atoms. The van der Waals surface area contributed by atoms with Gasteiger partial charge in [-0.05, 0) is 77.5 Å². The number of nitrogens with one attached hydrogen (secondary N) is 2. The maximum Gasteiger partial charge on any atom is 0.242 e. The van der Waals surface area contributed by atoms with E-state index in [0.29, 0.717) is 52.1 Å². The SMILES string of the molecule is CCCCCCCCCCC(O)CN(CCCC(=O)NC(CCSSCCCCN(CC(O)CCCCCCCC)CC(O)CCCCCCCC)C(=O)NCCN(CC)CC)CC(O)CCCCCCCCCC. The molecule has 0 heterocycles. The molecule has 0 spiro atoms. The third-order valence-corrected chi connectivity index (χ3v) is 17.6. The minimum Gasteiger partial charge on any atom is -0.392 e. The number of carbonyl (C=O) groups is 2. The van der Waals surface area contributed by atoms with Gasteiger partial charge in [-0.2, -0.15) is 0 Å². The van der Waals surface area contributed by atoms with Crippen LogP contribution >= 0.6 is 21.6 Å². The van der Waals surface area contributed by atoms with E-state index in [1.165, 1.54) is 141 Å². The summed E-state index contributed by atoms with van der Waals surface area (Å²) >= 11 is 0. The highest BCUT2D eigenvalue weighted by atomic mass is 33.1. The average Bonchev–Trinajstić information content (AvgIpc) is 3.39. The van der Waals surface area contributed by atoms with Crippen LogP contribution in [0.5, 0.6) is 0 Å². The van der Waals surface area contributed by atoms with Crippen LogP contribution in [0.1, 0.15) is 279 Å². The van der Waals surface area contributed by atoms with Gasteiger partial charge in [-0.3, -0.25) is 19.4 Å². The van der Waals surface area contributed by atoms with E-state index < -0.39 is 18.2 Å². The monoisotopic (exact) mass is 1100 g/mol. The van der Waals surface area contributed by atoms with Crippen LogP contribution in [0.25, 0.3) is 0 Å². The number of nitrogens with zero attached hydrogens (tertiary/aromatic N) is 3.